The van der Waals surface area contributed by atoms with Gasteiger partial charge in [0.1, 0.15) is 5.82 Å². The molecule has 0 aliphatic carbocycles. The highest BCUT2D eigenvalue weighted by molar-refractivity contribution is 7.88. The van der Waals surface area contributed by atoms with Crippen molar-refractivity contribution in [2.24, 2.45) is 10.7 Å². The van der Waals surface area contributed by atoms with Crippen LogP contribution in [0.1, 0.15) is 46.3 Å². The Bertz CT molecular complexity index is 1550. The molecule has 0 unspecified atom stereocenters. The van der Waals surface area contributed by atoms with Gasteiger partial charge >= 0.3 is 12.4 Å². The van der Waals surface area contributed by atoms with E-state index in [1.165, 1.54) is 12.1 Å². The Morgan fingerprint density at radius 1 is 1.00 bits per heavy atom. The zero-order valence-corrected chi connectivity index (χ0v) is 24.1. The quantitative estimate of drug-likeness (QED) is 0.436. The number of guanidine groups is 1. The summed E-state index contributed by atoms with van der Waals surface area (Å²) in [5.41, 5.74) is 2.22. The highest BCUT2D eigenvalue weighted by atomic mass is 32.2. The maximum atomic E-state index is 13.9. The number of sulfonamides is 1. The number of rotatable bonds is 8. The van der Waals surface area contributed by atoms with Crippen LogP contribution in [0.3, 0.4) is 0 Å². The molecule has 0 radical (unpaired) electrons. The number of hydrogen-bond acceptors (Lipinski definition) is 6. The third-order valence-corrected chi connectivity index (χ3v) is 8.76. The third-order valence-electron chi connectivity index (χ3n) is 7.46. The number of halogens is 7. The van der Waals surface area contributed by atoms with Crippen molar-refractivity contribution in [3.05, 3.63) is 70.5 Å². The number of carbonyl (C=O) groups is 2. The summed E-state index contributed by atoms with van der Waals surface area (Å²) in [4.78, 5) is 33.2. The van der Waals surface area contributed by atoms with Crippen LogP contribution in [0.4, 0.5) is 30.7 Å². The molecular formula is C27H28F7N5O4S. The molecule has 2 heterocycles. The van der Waals surface area contributed by atoms with Gasteiger partial charge in [0.05, 0.1) is 23.9 Å². The van der Waals surface area contributed by atoms with E-state index >= 15 is 0 Å². The van der Waals surface area contributed by atoms with Crippen LogP contribution < -0.4 is 5.73 Å². The molecule has 1 saturated heterocycles. The molecule has 0 spiro atoms. The van der Waals surface area contributed by atoms with Gasteiger partial charge in [-0.05, 0) is 48.2 Å². The lowest BCUT2D eigenvalue weighted by atomic mass is 9.84. The van der Waals surface area contributed by atoms with Crippen molar-refractivity contribution in [1.82, 2.24) is 14.1 Å². The van der Waals surface area contributed by atoms with Gasteiger partial charge in [-0.2, -0.15) is 30.6 Å². The van der Waals surface area contributed by atoms with Gasteiger partial charge in [-0.1, -0.05) is 18.2 Å². The summed E-state index contributed by atoms with van der Waals surface area (Å²) in [5, 5.41) is 0. The van der Waals surface area contributed by atoms with Gasteiger partial charge < -0.3 is 10.6 Å². The average molecular weight is 652 g/mol. The van der Waals surface area contributed by atoms with Gasteiger partial charge in [-0.25, -0.2) is 17.8 Å². The minimum atomic E-state index is -4.93. The summed E-state index contributed by atoms with van der Waals surface area (Å²) in [6.07, 6.45) is -10.7. The minimum Gasteiger partial charge on any atom is -0.369 e. The van der Waals surface area contributed by atoms with Crippen LogP contribution in [0, 0.1) is 5.82 Å². The molecule has 2 aromatic carbocycles. The number of benzene rings is 2. The number of aliphatic imine (C=N–C) groups is 1. The van der Waals surface area contributed by atoms with Crippen molar-refractivity contribution in [2.75, 3.05) is 32.4 Å². The molecule has 2 N–H and O–H groups in total. The maximum Gasteiger partial charge on any atom is 0.417 e. The SMILES string of the molecule is CS(=O)(=O)N1CCN(C(=O)c2cc(CN3C(=O)[C@@](CCCC(F)(F)F)(c4ccc(F)cc4)N=C3N)ccc2C(F)(F)F)CC1. The zero-order valence-electron chi connectivity index (χ0n) is 23.3. The molecule has 9 nitrogen and oxygen atoms in total. The molecule has 0 saturated carbocycles. The second-order valence-corrected chi connectivity index (χ2v) is 12.5. The normalized spacial score (nSPS) is 20.3. The summed E-state index contributed by atoms with van der Waals surface area (Å²) < 4.78 is 119. The Balaban J connectivity index is 1.64. The van der Waals surface area contributed by atoms with E-state index in [0.717, 1.165) is 44.6 Å². The number of nitrogens with zero attached hydrogens (tertiary/aromatic N) is 4. The number of amides is 2. The first-order valence-corrected chi connectivity index (χ1v) is 15.1. The molecule has 240 valence electrons. The molecule has 44 heavy (non-hydrogen) atoms. The number of hydrogen-bond donors (Lipinski definition) is 1. The van der Waals surface area contributed by atoms with Gasteiger partial charge in [0.25, 0.3) is 11.8 Å². The van der Waals surface area contributed by atoms with Gasteiger partial charge in [0.15, 0.2) is 11.5 Å². The lowest BCUT2D eigenvalue weighted by Crippen LogP contribution is -2.50. The Labute approximate surface area is 248 Å². The summed E-state index contributed by atoms with van der Waals surface area (Å²) in [5.74, 6) is -2.96. The first kappa shape index (κ1) is 33.2. The lowest BCUT2D eigenvalue weighted by Gasteiger charge is -2.33. The first-order valence-electron chi connectivity index (χ1n) is 13.3. The van der Waals surface area contributed by atoms with Crippen LogP contribution in [0.25, 0.3) is 0 Å². The average Bonchev–Trinajstić information content (AvgIpc) is 3.16. The van der Waals surface area contributed by atoms with E-state index in [1.54, 1.807) is 0 Å². The van der Waals surface area contributed by atoms with Crippen LogP contribution in [0.15, 0.2) is 47.5 Å². The molecule has 17 heteroatoms. The predicted molar refractivity (Wildman–Crippen MR) is 144 cm³/mol. The highest BCUT2D eigenvalue weighted by Crippen LogP contribution is 2.40. The molecule has 1 atom stereocenters. The molecule has 2 aliphatic rings. The number of carbonyl (C=O) groups excluding carboxylic acids is 2. The molecule has 4 rings (SSSR count). The molecular weight excluding hydrogens is 623 g/mol. The van der Waals surface area contributed by atoms with E-state index in [0.29, 0.717) is 6.07 Å². The molecule has 0 aromatic heterocycles. The zero-order chi connectivity index (χ0) is 32.7. The van der Waals surface area contributed by atoms with E-state index in [2.05, 4.69) is 4.99 Å². The minimum absolute atomic E-state index is 0.0350. The van der Waals surface area contributed by atoms with Crippen LogP contribution in [-0.4, -0.2) is 78.9 Å². The summed E-state index contributed by atoms with van der Waals surface area (Å²) in [6.45, 7) is -1.01. The van der Waals surface area contributed by atoms with Gasteiger partial charge in [0.2, 0.25) is 10.0 Å². The molecule has 2 aliphatic heterocycles. The van der Waals surface area contributed by atoms with Crippen LogP contribution in [0.2, 0.25) is 0 Å². The number of alkyl halides is 6. The lowest BCUT2D eigenvalue weighted by molar-refractivity contribution is -0.139. The Morgan fingerprint density at radius 2 is 1.61 bits per heavy atom. The monoisotopic (exact) mass is 651 g/mol. The topological polar surface area (TPSA) is 116 Å². The molecule has 0 bridgehead atoms. The second kappa shape index (κ2) is 12.0. The third kappa shape index (κ3) is 7.14. The van der Waals surface area contributed by atoms with E-state index in [1.807, 2.05) is 0 Å². The van der Waals surface area contributed by atoms with Crippen molar-refractivity contribution >= 4 is 27.8 Å². The van der Waals surface area contributed by atoms with Gasteiger partial charge in [-0.3, -0.25) is 14.5 Å². The smallest absolute Gasteiger partial charge is 0.369 e. The maximum absolute atomic E-state index is 13.9. The van der Waals surface area contributed by atoms with Gasteiger partial charge in [0, 0.05) is 32.6 Å². The fourth-order valence-corrected chi connectivity index (χ4v) is 6.07. The van der Waals surface area contributed by atoms with Crippen molar-refractivity contribution in [1.29, 1.82) is 0 Å². The molecule has 2 amide bonds. The Morgan fingerprint density at radius 3 is 2.16 bits per heavy atom. The first-order chi connectivity index (χ1) is 20.3. The van der Waals surface area contributed by atoms with Gasteiger partial charge in [-0.15, -0.1) is 0 Å². The standard InChI is InChI=1S/C27H28F7N5O4S/c1-44(42,43)38-13-11-37(12-14-38)22(40)20-15-17(3-8-21(20)27(32,33)34)16-39-23(41)25(36-24(39)35,9-2-10-26(29,30)31)18-4-6-19(28)7-5-18/h3-8,15H,2,9-14,16H2,1H3,(H2,35,36)/t25-/m1/s1. The van der Waals surface area contributed by atoms with Crippen molar-refractivity contribution in [3.63, 3.8) is 0 Å². The fourth-order valence-electron chi connectivity index (χ4n) is 5.24. The highest BCUT2D eigenvalue weighted by Gasteiger charge is 2.49. The summed E-state index contributed by atoms with van der Waals surface area (Å²) >= 11 is 0. The van der Waals surface area contributed by atoms with E-state index < -0.39 is 88.4 Å². The number of piperazine rings is 1. The number of nitrogens with two attached hydrogens (primary N) is 1. The summed E-state index contributed by atoms with van der Waals surface area (Å²) in [6, 6.07) is 7.04. The van der Waals surface area contributed by atoms with E-state index in [-0.39, 0.29) is 37.3 Å². The Hall–Kier alpha value is -3.73. The molecule has 1 fully saturated rings. The summed E-state index contributed by atoms with van der Waals surface area (Å²) in [7, 11) is -3.57. The Kier molecular flexibility index (Phi) is 9.04. The van der Waals surface area contributed by atoms with E-state index in [4.69, 9.17) is 5.73 Å². The predicted octanol–water partition coefficient (Wildman–Crippen LogP) is 3.85. The van der Waals surface area contributed by atoms with E-state index in [9.17, 15) is 48.7 Å². The van der Waals surface area contributed by atoms with Crippen molar-refractivity contribution in [2.45, 2.75) is 43.7 Å². The van der Waals surface area contributed by atoms with Crippen LogP contribution >= 0.6 is 0 Å². The largest absolute Gasteiger partial charge is 0.417 e. The van der Waals surface area contributed by atoms with Crippen molar-refractivity contribution in [3.8, 4) is 0 Å². The van der Waals surface area contributed by atoms with Crippen LogP contribution in [0.5, 0.6) is 0 Å². The van der Waals surface area contributed by atoms with Crippen molar-refractivity contribution < 1.29 is 48.7 Å². The second-order valence-electron chi connectivity index (χ2n) is 10.5. The fraction of sp³-hybridized carbons (Fsp3) is 0.444. The molecule has 2 aromatic rings. The van der Waals surface area contributed by atoms with Crippen LogP contribution in [-0.2, 0) is 33.1 Å².